The highest BCUT2D eigenvalue weighted by Gasteiger charge is 2.06. The Labute approximate surface area is 130 Å². The molecule has 0 aliphatic heterocycles. The molecule has 21 heavy (non-hydrogen) atoms. The fraction of sp³-hybridized carbons (Fsp3) is 0.706. The molecule has 1 aromatic heterocycles. The summed E-state index contributed by atoms with van der Waals surface area (Å²) in [7, 11) is 1.96. The van der Waals surface area contributed by atoms with Crippen LogP contribution in [0.15, 0.2) is 18.2 Å². The van der Waals surface area contributed by atoms with Crippen LogP contribution < -0.4 is 5.32 Å². The Kier molecular flexibility index (Phi) is 9.22. The molecule has 0 unspecified atom stereocenters. The van der Waals surface area contributed by atoms with Crippen molar-refractivity contribution in [2.45, 2.75) is 40.3 Å². The molecule has 0 radical (unpaired) electrons. The van der Waals surface area contributed by atoms with E-state index < -0.39 is 0 Å². The lowest BCUT2D eigenvalue weighted by Gasteiger charge is -2.23. The standard InChI is InChI=1S/C17H32N4/c1-5-20(6-2)12-9-13-21(7-3)15-17-11-8-10-16(19-17)14-18-4/h8,10-11,18H,5-7,9,12-15H2,1-4H3. The number of rotatable bonds is 11. The van der Waals surface area contributed by atoms with Gasteiger partial charge in [0.15, 0.2) is 0 Å². The zero-order valence-electron chi connectivity index (χ0n) is 14.2. The van der Waals surface area contributed by atoms with Crippen LogP contribution in [0.5, 0.6) is 0 Å². The van der Waals surface area contributed by atoms with E-state index in [1.54, 1.807) is 0 Å². The molecule has 0 aliphatic carbocycles. The highest BCUT2D eigenvalue weighted by atomic mass is 15.1. The van der Waals surface area contributed by atoms with Gasteiger partial charge in [-0.3, -0.25) is 9.88 Å². The smallest absolute Gasteiger partial charge is 0.0547 e. The van der Waals surface area contributed by atoms with Crippen molar-refractivity contribution in [3.63, 3.8) is 0 Å². The Morgan fingerprint density at radius 3 is 2.19 bits per heavy atom. The number of aromatic nitrogens is 1. The highest BCUT2D eigenvalue weighted by Crippen LogP contribution is 2.05. The van der Waals surface area contributed by atoms with E-state index >= 15 is 0 Å². The van der Waals surface area contributed by atoms with Crippen LogP contribution >= 0.6 is 0 Å². The molecular weight excluding hydrogens is 260 g/mol. The fourth-order valence-electron chi connectivity index (χ4n) is 2.53. The summed E-state index contributed by atoms with van der Waals surface area (Å²) >= 11 is 0. The lowest BCUT2D eigenvalue weighted by Crippen LogP contribution is -2.30. The topological polar surface area (TPSA) is 31.4 Å². The van der Waals surface area contributed by atoms with Crippen molar-refractivity contribution in [3.05, 3.63) is 29.6 Å². The summed E-state index contributed by atoms with van der Waals surface area (Å²) in [5.74, 6) is 0. The third kappa shape index (κ3) is 7.02. The molecule has 120 valence electrons. The summed E-state index contributed by atoms with van der Waals surface area (Å²) in [6, 6.07) is 6.32. The van der Waals surface area contributed by atoms with Crippen molar-refractivity contribution in [2.75, 3.05) is 39.8 Å². The monoisotopic (exact) mass is 292 g/mol. The normalized spacial score (nSPS) is 11.5. The largest absolute Gasteiger partial charge is 0.314 e. The third-order valence-electron chi connectivity index (χ3n) is 3.90. The first-order valence-corrected chi connectivity index (χ1v) is 8.27. The summed E-state index contributed by atoms with van der Waals surface area (Å²) in [6.45, 7) is 14.2. The van der Waals surface area contributed by atoms with Crippen LogP contribution in [0.1, 0.15) is 38.6 Å². The molecule has 0 saturated carbocycles. The molecule has 1 aromatic rings. The van der Waals surface area contributed by atoms with Crippen molar-refractivity contribution in [3.8, 4) is 0 Å². The predicted molar refractivity (Wildman–Crippen MR) is 90.4 cm³/mol. The van der Waals surface area contributed by atoms with Crippen LogP contribution in [-0.2, 0) is 13.1 Å². The van der Waals surface area contributed by atoms with Gasteiger partial charge >= 0.3 is 0 Å². The molecule has 0 aliphatic rings. The maximum atomic E-state index is 4.71. The lowest BCUT2D eigenvalue weighted by molar-refractivity contribution is 0.236. The second-order valence-electron chi connectivity index (χ2n) is 5.40. The Hall–Kier alpha value is -0.970. The third-order valence-corrected chi connectivity index (χ3v) is 3.90. The molecule has 1 rings (SSSR count). The van der Waals surface area contributed by atoms with Crippen molar-refractivity contribution >= 4 is 0 Å². The van der Waals surface area contributed by atoms with E-state index in [9.17, 15) is 0 Å². The average molecular weight is 292 g/mol. The van der Waals surface area contributed by atoms with Crippen LogP contribution in [0, 0.1) is 0 Å². The van der Waals surface area contributed by atoms with Crippen LogP contribution in [0.4, 0.5) is 0 Å². The Morgan fingerprint density at radius 2 is 1.57 bits per heavy atom. The second-order valence-corrected chi connectivity index (χ2v) is 5.40. The van der Waals surface area contributed by atoms with Gasteiger partial charge in [0.25, 0.3) is 0 Å². The zero-order valence-corrected chi connectivity index (χ0v) is 14.2. The SMILES string of the molecule is CCN(CC)CCCN(CC)Cc1cccc(CNC)n1. The van der Waals surface area contributed by atoms with Crippen molar-refractivity contribution in [1.29, 1.82) is 0 Å². The van der Waals surface area contributed by atoms with Gasteiger partial charge in [0, 0.05) is 13.1 Å². The molecule has 0 bridgehead atoms. The summed E-state index contributed by atoms with van der Waals surface area (Å²) < 4.78 is 0. The van der Waals surface area contributed by atoms with Crippen LogP contribution in [0.25, 0.3) is 0 Å². The minimum absolute atomic E-state index is 0.835. The van der Waals surface area contributed by atoms with Gasteiger partial charge < -0.3 is 10.2 Å². The molecule has 0 saturated heterocycles. The zero-order chi connectivity index (χ0) is 15.5. The lowest BCUT2D eigenvalue weighted by atomic mass is 10.2. The van der Waals surface area contributed by atoms with Crippen LogP contribution in [-0.4, -0.2) is 54.6 Å². The maximum Gasteiger partial charge on any atom is 0.0547 e. The molecular formula is C17H32N4. The van der Waals surface area contributed by atoms with Gasteiger partial charge in [0.1, 0.15) is 0 Å². The van der Waals surface area contributed by atoms with Gasteiger partial charge in [-0.1, -0.05) is 26.8 Å². The average Bonchev–Trinajstić information content (AvgIpc) is 2.51. The Morgan fingerprint density at radius 1 is 0.952 bits per heavy atom. The van der Waals surface area contributed by atoms with E-state index in [1.807, 2.05) is 7.05 Å². The molecule has 4 heteroatoms. The molecule has 0 spiro atoms. The van der Waals surface area contributed by atoms with Crippen LogP contribution in [0.3, 0.4) is 0 Å². The van der Waals surface area contributed by atoms with Gasteiger partial charge in [0.05, 0.1) is 11.4 Å². The van der Waals surface area contributed by atoms with Crippen molar-refractivity contribution in [2.24, 2.45) is 0 Å². The van der Waals surface area contributed by atoms with E-state index in [0.29, 0.717) is 0 Å². The Balaban J connectivity index is 2.44. The van der Waals surface area contributed by atoms with E-state index in [4.69, 9.17) is 4.98 Å². The van der Waals surface area contributed by atoms with E-state index in [1.165, 1.54) is 18.7 Å². The summed E-state index contributed by atoms with van der Waals surface area (Å²) in [6.07, 6.45) is 1.23. The van der Waals surface area contributed by atoms with Gasteiger partial charge in [-0.05, 0) is 58.3 Å². The highest BCUT2D eigenvalue weighted by molar-refractivity contribution is 5.11. The molecule has 0 atom stereocenters. The molecule has 0 aromatic carbocycles. The predicted octanol–water partition coefficient (Wildman–Crippen LogP) is 2.35. The number of hydrogen-bond donors (Lipinski definition) is 1. The molecule has 0 fully saturated rings. The van der Waals surface area contributed by atoms with E-state index in [2.05, 4.69) is 54.1 Å². The summed E-state index contributed by atoms with van der Waals surface area (Å²) in [5.41, 5.74) is 2.29. The Bertz CT molecular complexity index is 377. The fourth-order valence-corrected chi connectivity index (χ4v) is 2.53. The summed E-state index contributed by atoms with van der Waals surface area (Å²) in [4.78, 5) is 9.68. The minimum atomic E-state index is 0.835. The molecule has 1 N–H and O–H groups in total. The number of hydrogen-bond acceptors (Lipinski definition) is 4. The van der Waals surface area contributed by atoms with Gasteiger partial charge in [-0.15, -0.1) is 0 Å². The van der Waals surface area contributed by atoms with Gasteiger partial charge in [-0.2, -0.15) is 0 Å². The van der Waals surface area contributed by atoms with Gasteiger partial charge in [0.2, 0.25) is 0 Å². The minimum Gasteiger partial charge on any atom is -0.314 e. The first kappa shape index (κ1) is 18.1. The second kappa shape index (κ2) is 10.7. The first-order valence-electron chi connectivity index (χ1n) is 8.27. The number of pyridine rings is 1. The first-order chi connectivity index (χ1) is 10.2. The number of nitrogens with one attached hydrogen (secondary N) is 1. The van der Waals surface area contributed by atoms with E-state index in [-0.39, 0.29) is 0 Å². The van der Waals surface area contributed by atoms with Gasteiger partial charge in [-0.25, -0.2) is 0 Å². The quantitative estimate of drug-likeness (QED) is 0.678. The molecule has 1 heterocycles. The van der Waals surface area contributed by atoms with Crippen molar-refractivity contribution in [1.82, 2.24) is 20.1 Å². The summed E-state index contributed by atoms with van der Waals surface area (Å²) in [5, 5.41) is 3.16. The van der Waals surface area contributed by atoms with Crippen LogP contribution in [0.2, 0.25) is 0 Å². The van der Waals surface area contributed by atoms with Crippen molar-refractivity contribution < 1.29 is 0 Å². The maximum absolute atomic E-state index is 4.71. The van der Waals surface area contributed by atoms with E-state index in [0.717, 1.165) is 45.0 Å². The number of nitrogens with zero attached hydrogens (tertiary/aromatic N) is 3. The molecule has 4 nitrogen and oxygen atoms in total. The molecule has 0 amide bonds.